The van der Waals surface area contributed by atoms with Crippen molar-refractivity contribution in [2.75, 3.05) is 40.5 Å². The minimum absolute atomic E-state index is 0.108. The molecular weight excluding hydrogens is 282 g/mol. The highest BCUT2D eigenvalue weighted by molar-refractivity contribution is 6.21. The molecule has 110 valence electrons. The molecule has 1 aromatic carbocycles. The van der Waals surface area contributed by atoms with Gasteiger partial charge in [-0.25, -0.2) is 0 Å². The molecule has 0 radical (unpaired) electrons. The topological polar surface area (TPSA) is 48.0 Å². The van der Waals surface area contributed by atoms with Crippen molar-refractivity contribution in [2.24, 2.45) is 0 Å². The first kappa shape index (κ1) is 14.9. The average Bonchev–Trinajstić information content (AvgIpc) is 2.46. The van der Waals surface area contributed by atoms with Gasteiger partial charge in [-0.2, -0.15) is 0 Å². The lowest BCUT2D eigenvalue weighted by Crippen LogP contribution is -2.34. The van der Waals surface area contributed by atoms with Crippen molar-refractivity contribution in [1.29, 1.82) is 0 Å². The van der Waals surface area contributed by atoms with Crippen molar-refractivity contribution in [3.05, 3.63) is 23.8 Å². The highest BCUT2D eigenvalue weighted by Gasteiger charge is 2.19. The first-order valence-electron chi connectivity index (χ1n) is 6.40. The molecule has 0 aliphatic carbocycles. The Kier molecular flexibility index (Phi) is 5.09. The zero-order valence-corrected chi connectivity index (χ0v) is 12.4. The summed E-state index contributed by atoms with van der Waals surface area (Å²) in [5, 5.41) is -0.230. The molecule has 5 nitrogen and oxygen atoms in total. The summed E-state index contributed by atoms with van der Waals surface area (Å²) in [6.45, 7) is 1.85. The van der Waals surface area contributed by atoms with Gasteiger partial charge in [-0.3, -0.25) is 4.79 Å². The molecule has 1 amide bonds. The second-order valence-electron chi connectivity index (χ2n) is 4.60. The first-order chi connectivity index (χ1) is 9.61. The monoisotopic (exact) mass is 299 g/mol. The number of ether oxygens (including phenoxy) is 3. The van der Waals surface area contributed by atoms with Gasteiger partial charge in [-0.15, -0.1) is 11.6 Å². The Balaban J connectivity index is 2.05. The molecule has 0 spiro atoms. The highest BCUT2D eigenvalue weighted by atomic mass is 35.5. The van der Waals surface area contributed by atoms with Crippen LogP contribution < -0.4 is 9.47 Å². The third-order valence-electron chi connectivity index (χ3n) is 2.96. The molecule has 0 fully saturated rings. The molecule has 0 bridgehead atoms. The van der Waals surface area contributed by atoms with E-state index >= 15 is 0 Å². The molecule has 1 aromatic rings. The predicted molar refractivity (Wildman–Crippen MR) is 75.9 cm³/mol. The van der Waals surface area contributed by atoms with Gasteiger partial charge in [0.2, 0.25) is 0 Å². The van der Waals surface area contributed by atoms with Gasteiger partial charge >= 0.3 is 0 Å². The summed E-state index contributed by atoms with van der Waals surface area (Å²) >= 11 is 6.06. The fourth-order valence-electron chi connectivity index (χ4n) is 2.01. The van der Waals surface area contributed by atoms with Crippen molar-refractivity contribution >= 4 is 17.5 Å². The molecule has 1 unspecified atom stereocenters. The van der Waals surface area contributed by atoms with Crippen LogP contribution in [0.25, 0.3) is 0 Å². The quantitative estimate of drug-likeness (QED) is 0.778. The van der Waals surface area contributed by atoms with Crippen LogP contribution in [0.3, 0.4) is 0 Å². The maximum Gasteiger partial charge on any atom is 0.253 e. The van der Waals surface area contributed by atoms with Crippen molar-refractivity contribution in [2.45, 2.75) is 5.38 Å². The Bertz CT molecular complexity index is 480. The lowest BCUT2D eigenvalue weighted by atomic mass is 10.1. The summed E-state index contributed by atoms with van der Waals surface area (Å²) < 4.78 is 15.9. The Hall–Kier alpha value is -1.46. The summed E-state index contributed by atoms with van der Waals surface area (Å²) in [6, 6.07) is 5.18. The highest BCUT2D eigenvalue weighted by Crippen LogP contribution is 2.31. The number of hydrogen-bond acceptors (Lipinski definition) is 4. The summed E-state index contributed by atoms with van der Waals surface area (Å²) in [5.41, 5.74) is 0.554. The summed E-state index contributed by atoms with van der Waals surface area (Å²) in [5.74, 6) is 1.17. The van der Waals surface area contributed by atoms with E-state index in [-0.39, 0.29) is 11.3 Å². The Labute approximate surface area is 123 Å². The number of methoxy groups -OCH3 is 1. The number of carbonyl (C=O) groups excluding carboxylic acids is 1. The second kappa shape index (κ2) is 6.81. The third kappa shape index (κ3) is 3.55. The SMILES string of the molecule is COCC(Cl)CN(C)C(=O)c1ccc2c(c1)OCCO2. The maximum absolute atomic E-state index is 12.3. The number of benzene rings is 1. The standard InChI is InChI=1S/C14H18ClNO4/c1-16(8-11(15)9-18-2)14(17)10-3-4-12-13(7-10)20-6-5-19-12/h3-4,7,11H,5-6,8-9H2,1-2H3. The smallest absolute Gasteiger partial charge is 0.253 e. The van der Waals surface area contributed by atoms with Crippen LogP contribution in [0.2, 0.25) is 0 Å². The van der Waals surface area contributed by atoms with Crippen LogP contribution in [-0.4, -0.2) is 56.7 Å². The number of rotatable bonds is 5. The van der Waals surface area contributed by atoms with Crippen molar-refractivity contribution in [3.63, 3.8) is 0 Å². The predicted octanol–water partition coefficient (Wildman–Crippen LogP) is 1.78. The van der Waals surface area contributed by atoms with Crippen LogP contribution in [-0.2, 0) is 4.74 Å². The van der Waals surface area contributed by atoms with Crippen molar-refractivity contribution in [3.8, 4) is 11.5 Å². The van der Waals surface area contributed by atoms with Crippen LogP contribution in [0.15, 0.2) is 18.2 Å². The molecule has 0 aromatic heterocycles. The fourth-order valence-corrected chi connectivity index (χ4v) is 2.34. The molecule has 6 heteroatoms. The van der Waals surface area contributed by atoms with E-state index in [4.69, 9.17) is 25.8 Å². The zero-order chi connectivity index (χ0) is 14.5. The minimum atomic E-state index is -0.230. The normalized spacial score (nSPS) is 14.8. The Morgan fingerprint density at radius 3 is 2.80 bits per heavy atom. The number of alkyl halides is 1. The minimum Gasteiger partial charge on any atom is -0.486 e. The Morgan fingerprint density at radius 1 is 1.40 bits per heavy atom. The van der Waals surface area contributed by atoms with Gasteiger partial charge in [0.05, 0.1) is 12.0 Å². The molecule has 1 atom stereocenters. The van der Waals surface area contributed by atoms with Gasteiger partial charge in [0, 0.05) is 26.3 Å². The van der Waals surface area contributed by atoms with E-state index in [0.717, 1.165) is 0 Å². The number of hydrogen-bond donors (Lipinski definition) is 0. The van der Waals surface area contributed by atoms with Gasteiger partial charge in [0.1, 0.15) is 13.2 Å². The summed E-state index contributed by atoms with van der Waals surface area (Å²) in [7, 11) is 3.29. The van der Waals surface area contributed by atoms with E-state index in [0.29, 0.717) is 43.4 Å². The molecular formula is C14H18ClNO4. The maximum atomic E-state index is 12.3. The molecule has 1 heterocycles. The number of fused-ring (bicyclic) bond motifs is 1. The zero-order valence-electron chi connectivity index (χ0n) is 11.6. The molecule has 0 N–H and O–H groups in total. The Morgan fingerprint density at radius 2 is 2.10 bits per heavy atom. The molecule has 0 saturated carbocycles. The molecule has 20 heavy (non-hydrogen) atoms. The number of nitrogens with zero attached hydrogens (tertiary/aromatic N) is 1. The van der Waals surface area contributed by atoms with Gasteiger partial charge in [-0.1, -0.05) is 0 Å². The van der Waals surface area contributed by atoms with Gasteiger partial charge in [0.15, 0.2) is 11.5 Å². The summed E-state index contributed by atoms with van der Waals surface area (Å²) in [6.07, 6.45) is 0. The molecule has 1 aliphatic rings. The number of halogens is 1. The first-order valence-corrected chi connectivity index (χ1v) is 6.83. The van der Waals surface area contributed by atoms with Gasteiger partial charge in [0.25, 0.3) is 5.91 Å². The van der Waals surface area contributed by atoms with Gasteiger partial charge in [-0.05, 0) is 18.2 Å². The van der Waals surface area contributed by atoms with Crippen LogP contribution >= 0.6 is 11.6 Å². The molecule has 1 aliphatic heterocycles. The second-order valence-corrected chi connectivity index (χ2v) is 5.21. The average molecular weight is 300 g/mol. The van der Waals surface area contributed by atoms with E-state index in [9.17, 15) is 4.79 Å². The van der Waals surface area contributed by atoms with E-state index < -0.39 is 0 Å². The van der Waals surface area contributed by atoms with E-state index in [1.165, 1.54) is 0 Å². The van der Waals surface area contributed by atoms with Crippen molar-refractivity contribution in [1.82, 2.24) is 4.90 Å². The van der Waals surface area contributed by atoms with Crippen molar-refractivity contribution < 1.29 is 19.0 Å². The summed E-state index contributed by atoms with van der Waals surface area (Å²) in [4.78, 5) is 13.9. The van der Waals surface area contributed by atoms with E-state index in [1.54, 1.807) is 37.3 Å². The van der Waals surface area contributed by atoms with E-state index in [1.807, 2.05) is 0 Å². The van der Waals surface area contributed by atoms with Crippen LogP contribution in [0.1, 0.15) is 10.4 Å². The van der Waals surface area contributed by atoms with Crippen LogP contribution in [0.4, 0.5) is 0 Å². The van der Waals surface area contributed by atoms with Gasteiger partial charge < -0.3 is 19.1 Å². The lowest BCUT2D eigenvalue weighted by Gasteiger charge is -2.22. The van der Waals surface area contributed by atoms with Crippen LogP contribution in [0, 0.1) is 0 Å². The number of carbonyl (C=O) groups is 1. The molecule has 0 saturated heterocycles. The van der Waals surface area contributed by atoms with Crippen LogP contribution in [0.5, 0.6) is 11.5 Å². The number of amides is 1. The van der Waals surface area contributed by atoms with E-state index in [2.05, 4.69) is 0 Å². The lowest BCUT2D eigenvalue weighted by molar-refractivity contribution is 0.0780. The largest absolute Gasteiger partial charge is 0.486 e. The third-order valence-corrected chi connectivity index (χ3v) is 3.22. The fraction of sp³-hybridized carbons (Fsp3) is 0.500. The molecule has 2 rings (SSSR count).